The van der Waals surface area contributed by atoms with Crippen LogP contribution in [0.2, 0.25) is 0 Å². The van der Waals surface area contributed by atoms with Crippen molar-refractivity contribution in [1.82, 2.24) is 5.06 Å². The van der Waals surface area contributed by atoms with Crippen molar-refractivity contribution in [3.63, 3.8) is 0 Å². The van der Waals surface area contributed by atoms with Crippen molar-refractivity contribution in [2.45, 2.75) is 11.5 Å². The van der Waals surface area contributed by atoms with Gasteiger partial charge in [0.2, 0.25) is 0 Å². The lowest BCUT2D eigenvalue weighted by molar-refractivity contribution is -0.0149. The predicted molar refractivity (Wildman–Crippen MR) is 117 cm³/mol. The number of ether oxygens (including phenoxy) is 1. The van der Waals surface area contributed by atoms with Gasteiger partial charge in [0.1, 0.15) is 0 Å². The molecule has 7 nitrogen and oxygen atoms in total. The highest BCUT2D eigenvalue weighted by Crippen LogP contribution is 2.36. The molecule has 0 N–H and O–H groups in total. The van der Waals surface area contributed by atoms with E-state index in [1.807, 2.05) is 36.4 Å². The molecule has 1 aliphatic heterocycles. The number of imide groups is 1. The summed E-state index contributed by atoms with van der Waals surface area (Å²) < 4.78 is 33.3. The maximum absolute atomic E-state index is 12.7. The Labute approximate surface area is 184 Å². The van der Waals surface area contributed by atoms with Crippen LogP contribution in [0.5, 0.6) is 0 Å². The van der Waals surface area contributed by atoms with Gasteiger partial charge in [-0.1, -0.05) is 42.5 Å². The molecule has 2 amide bonds. The molecule has 0 aliphatic carbocycles. The number of carbonyl (C=O) groups is 2. The molecule has 9 heteroatoms. The highest BCUT2D eigenvalue weighted by atomic mass is 32.2. The van der Waals surface area contributed by atoms with Crippen molar-refractivity contribution in [1.29, 1.82) is 0 Å². The minimum Gasteiger partial charge on any atom is -0.376 e. The van der Waals surface area contributed by atoms with E-state index in [4.69, 9.17) is 4.74 Å². The van der Waals surface area contributed by atoms with Gasteiger partial charge in [-0.3, -0.25) is 9.59 Å². The van der Waals surface area contributed by atoms with Crippen molar-refractivity contribution >= 4 is 44.5 Å². The number of nitrogens with zero attached hydrogens (tertiary/aromatic N) is 1. The zero-order valence-corrected chi connectivity index (χ0v) is 18.2. The fourth-order valence-electron chi connectivity index (χ4n) is 3.35. The molecule has 0 bridgehead atoms. The van der Waals surface area contributed by atoms with Crippen LogP contribution in [0.4, 0.5) is 0 Å². The van der Waals surface area contributed by atoms with Crippen LogP contribution >= 0.6 is 11.8 Å². The molecule has 1 aliphatic rings. The van der Waals surface area contributed by atoms with Crippen molar-refractivity contribution in [2.24, 2.45) is 0 Å². The second-order valence-corrected chi connectivity index (χ2v) is 9.60. The van der Waals surface area contributed by atoms with E-state index in [-0.39, 0.29) is 11.1 Å². The summed E-state index contributed by atoms with van der Waals surface area (Å²) in [7, 11) is -4.04. The molecule has 31 heavy (non-hydrogen) atoms. The maximum Gasteiger partial charge on any atom is 0.286 e. The van der Waals surface area contributed by atoms with Gasteiger partial charge in [-0.15, -0.1) is 21.1 Å². The summed E-state index contributed by atoms with van der Waals surface area (Å²) in [4.78, 5) is 26.4. The number of carbonyl (C=O) groups excluding carboxylic acids is 2. The lowest BCUT2D eigenvalue weighted by Crippen LogP contribution is -2.41. The van der Waals surface area contributed by atoms with Gasteiger partial charge in [-0.25, -0.2) is 0 Å². The van der Waals surface area contributed by atoms with Gasteiger partial charge >= 0.3 is 0 Å². The second-order valence-electron chi connectivity index (χ2n) is 6.91. The lowest BCUT2D eigenvalue weighted by atomic mass is 9.95. The first-order valence-electron chi connectivity index (χ1n) is 9.44. The van der Waals surface area contributed by atoms with Gasteiger partial charge in [0.05, 0.1) is 30.6 Å². The molecule has 4 rings (SSSR count). The van der Waals surface area contributed by atoms with Gasteiger partial charge in [0.25, 0.3) is 21.9 Å². The zero-order valence-electron chi connectivity index (χ0n) is 16.6. The summed E-state index contributed by atoms with van der Waals surface area (Å²) in [5.41, 5.74) is 1.55. The number of amides is 2. The number of hydroxylamine groups is 2. The van der Waals surface area contributed by atoms with Crippen LogP contribution in [0.25, 0.3) is 10.8 Å². The molecule has 3 aromatic rings. The summed E-state index contributed by atoms with van der Waals surface area (Å²) in [6, 6.07) is 18.4. The number of benzene rings is 3. The maximum atomic E-state index is 12.7. The number of hydrogen-bond donors (Lipinski definition) is 0. The summed E-state index contributed by atoms with van der Waals surface area (Å²) in [5, 5.41) is 1.56. The van der Waals surface area contributed by atoms with Crippen LogP contribution < -0.4 is 0 Å². The van der Waals surface area contributed by atoms with Gasteiger partial charge in [-0.05, 0) is 29.1 Å². The summed E-state index contributed by atoms with van der Waals surface area (Å²) >= 11 is 1.56. The average Bonchev–Trinajstić information content (AvgIpc) is 2.75. The van der Waals surface area contributed by atoms with Gasteiger partial charge in [0, 0.05) is 16.0 Å². The largest absolute Gasteiger partial charge is 0.376 e. The van der Waals surface area contributed by atoms with Crippen molar-refractivity contribution in [3.8, 4) is 0 Å². The van der Waals surface area contributed by atoms with E-state index >= 15 is 0 Å². The van der Waals surface area contributed by atoms with Crippen molar-refractivity contribution in [2.75, 3.05) is 18.6 Å². The predicted octanol–water partition coefficient (Wildman–Crippen LogP) is 3.64. The highest BCUT2D eigenvalue weighted by Gasteiger charge is 2.36. The molecular weight excluding hydrogens is 438 g/mol. The Balaban J connectivity index is 1.53. The van der Waals surface area contributed by atoms with Crippen LogP contribution in [0, 0.1) is 0 Å². The molecule has 0 unspecified atom stereocenters. The van der Waals surface area contributed by atoms with Crippen molar-refractivity contribution < 1.29 is 27.0 Å². The summed E-state index contributed by atoms with van der Waals surface area (Å²) in [5.74, 6) is -0.916. The van der Waals surface area contributed by atoms with Crippen LogP contribution in [0.15, 0.2) is 65.6 Å². The SMILES string of the molecule is CS(=O)(=O)ON1C(=O)c2cccc3c(SCCOCc4ccccc4)ccc(c23)C1=O. The molecule has 0 fully saturated rings. The quantitative estimate of drug-likeness (QED) is 0.290. The summed E-state index contributed by atoms with van der Waals surface area (Å²) in [6.45, 7) is 1.07. The molecule has 0 saturated carbocycles. The summed E-state index contributed by atoms with van der Waals surface area (Å²) in [6.07, 6.45) is 0.781. The van der Waals surface area contributed by atoms with E-state index in [1.165, 1.54) is 0 Å². The van der Waals surface area contributed by atoms with Crippen molar-refractivity contribution in [3.05, 3.63) is 77.4 Å². The Hall–Kier alpha value is -2.72. The van der Waals surface area contributed by atoms with E-state index in [0.717, 1.165) is 22.1 Å². The molecule has 3 aromatic carbocycles. The third-order valence-electron chi connectivity index (χ3n) is 4.64. The van der Waals surface area contributed by atoms with E-state index in [0.29, 0.717) is 29.4 Å². The fourth-order valence-corrected chi connectivity index (χ4v) is 4.67. The Bertz CT molecular complexity index is 1240. The zero-order chi connectivity index (χ0) is 22.0. The second kappa shape index (κ2) is 8.80. The lowest BCUT2D eigenvalue weighted by Gasteiger charge is -2.25. The van der Waals surface area contributed by atoms with Crippen LogP contribution in [-0.4, -0.2) is 43.9 Å². The van der Waals surface area contributed by atoms with Gasteiger partial charge in [0.15, 0.2) is 0 Å². The molecular formula is C22H19NO6S2. The van der Waals surface area contributed by atoms with Crippen LogP contribution in [-0.2, 0) is 25.7 Å². The van der Waals surface area contributed by atoms with E-state index in [1.54, 1.807) is 36.0 Å². The Morgan fingerprint density at radius 2 is 1.61 bits per heavy atom. The molecule has 0 spiro atoms. The average molecular weight is 458 g/mol. The minimum absolute atomic E-state index is 0.221. The molecule has 0 radical (unpaired) electrons. The number of thioether (sulfide) groups is 1. The van der Waals surface area contributed by atoms with Crippen LogP contribution in [0.1, 0.15) is 26.3 Å². The smallest absolute Gasteiger partial charge is 0.286 e. The Morgan fingerprint density at radius 1 is 0.903 bits per heavy atom. The minimum atomic E-state index is -4.04. The first kappa shape index (κ1) is 21.5. The molecule has 0 saturated heterocycles. The third kappa shape index (κ3) is 4.64. The van der Waals surface area contributed by atoms with E-state index in [9.17, 15) is 18.0 Å². The highest BCUT2D eigenvalue weighted by molar-refractivity contribution is 7.99. The first-order chi connectivity index (χ1) is 14.8. The Kier molecular flexibility index (Phi) is 6.10. The normalized spacial score (nSPS) is 13.8. The third-order valence-corrected chi connectivity index (χ3v) is 6.09. The molecule has 0 atom stereocenters. The van der Waals surface area contributed by atoms with Gasteiger partial charge < -0.3 is 4.74 Å². The Morgan fingerprint density at radius 3 is 2.32 bits per heavy atom. The molecule has 1 heterocycles. The van der Waals surface area contributed by atoms with Crippen LogP contribution in [0.3, 0.4) is 0 Å². The number of rotatable bonds is 8. The first-order valence-corrected chi connectivity index (χ1v) is 12.2. The number of hydrogen-bond acceptors (Lipinski definition) is 7. The van der Waals surface area contributed by atoms with Gasteiger partial charge in [-0.2, -0.15) is 8.42 Å². The standard InChI is InChI=1S/C22H19NO6S2/c1-31(26,27)29-23-21(24)17-9-5-8-16-19(11-10-18(20(16)17)22(23)25)30-13-12-28-14-15-6-3-2-4-7-15/h2-11H,12-14H2,1H3. The van der Waals surface area contributed by atoms with E-state index in [2.05, 4.69) is 4.28 Å². The monoisotopic (exact) mass is 457 g/mol. The fraction of sp³-hybridized carbons (Fsp3) is 0.182. The molecule has 0 aromatic heterocycles. The van der Waals surface area contributed by atoms with E-state index < -0.39 is 21.9 Å². The molecule has 160 valence electrons. The topological polar surface area (TPSA) is 90.0 Å².